The molecule has 1 fully saturated rings. The van der Waals surface area contributed by atoms with Crippen molar-refractivity contribution < 1.29 is 14.1 Å². The molecule has 2 atom stereocenters. The van der Waals surface area contributed by atoms with Crippen LogP contribution in [0.4, 0.5) is 0 Å². The van der Waals surface area contributed by atoms with E-state index in [-0.39, 0.29) is 36.8 Å². The van der Waals surface area contributed by atoms with Crippen molar-refractivity contribution in [1.82, 2.24) is 15.4 Å². The van der Waals surface area contributed by atoms with Gasteiger partial charge in [-0.25, -0.2) is 0 Å². The number of halogens is 1. The van der Waals surface area contributed by atoms with Crippen molar-refractivity contribution in [1.29, 1.82) is 0 Å². The van der Waals surface area contributed by atoms with Crippen LogP contribution in [0.1, 0.15) is 48.5 Å². The molecule has 0 aliphatic carbocycles. The second-order valence-corrected chi connectivity index (χ2v) is 6.20. The van der Waals surface area contributed by atoms with Crippen molar-refractivity contribution in [3.63, 3.8) is 0 Å². The number of hydrogen-bond donors (Lipinski definition) is 2. The number of hydrogen-bond acceptors (Lipinski definition) is 5. The average molecular weight is 359 g/mol. The van der Waals surface area contributed by atoms with Crippen LogP contribution in [0.15, 0.2) is 4.52 Å². The molecule has 8 heteroatoms. The van der Waals surface area contributed by atoms with E-state index in [2.05, 4.69) is 17.4 Å². The first-order valence-electron chi connectivity index (χ1n) is 8.22. The number of amides is 2. The van der Waals surface area contributed by atoms with Crippen LogP contribution in [-0.2, 0) is 11.2 Å². The van der Waals surface area contributed by atoms with Crippen LogP contribution in [0, 0.1) is 12.8 Å². The summed E-state index contributed by atoms with van der Waals surface area (Å²) < 4.78 is 5.14. The molecule has 1 aromatic rings. The van der Waals surface area contributed by atoms with Gasteiger partial charge in [0, 0.05) is 19.1 Å². The summed E-state index contributed by atoms with van der Waals surface area (Å²) in [4.78, 5) is 25.8. The minimum absolute atomic E-state index is 0. The number of nitrogens with zero attached hydrogens (tertiary/aromatic N) is 2. The van der Waals surface area contributed by atoms with Crippen molar-refractivity contribution in [2.45, 2.75) is 46.1 Å². The molecule has 0 aromatic carbocycles. The Labute approximate surface area is 148 Å². The lowest BCUT2D eigenvalue weighted by Crippen LogP contribution is -2.41. The van der Waals surface area contributed by atoms with Gasteiger partial charge in [0.15, 0.2) is 0 Å². The normalized spacial score (nSPS) is 20.6. The van der Waals surface area contributed by atoms with E-state index >= 15 is 0 Å². The highest BCUT2D eigenvalue weighted by molar-refractivity contribution is 5.96. The number of carbonyl (C=O) groups is 2. The Morgan fingerprint density at radius 2 is 2.08 bits per heavy atom. The van der Waals surface area contributed by atoms with E-state index in [9.17, 15) is 9.59 Å². The Bertz CT molecular complexity index is 576. The molecule has 0 bridgehead atoms. The Morgan fingerprint density at radius 3 is 2.67 bits per heavy atom. The Hall–Kier alpha value is -1.60. The molecule has 3 N–H and O–H groups in total. The highest BCUT2D eigenvalue weighted by Gasteiger charge is 2.34. The van der Waals surface area contributed by atoms with Crippen LogP contribution >= 0.6 is 12.4 Å². The second kappa shape index (κ2) is 9.03. The Balaban J connectivity index is 0.00000288. The first-order valence-corrected chi connectivity index (χ1v) is 8.22. The fourth-order valence-corrected chi connectivity index (χ4v) is 3.33. The highest BCUT2D eigenvalue weighted by atomic mass is 35.5. The monoisotopic (exact) mass is 358 g/mol. The first-order chi connectivity index (χ1) is 11.0. The van der Waals surface area contributed by atoms with Crippen LogP contribution in [0.25, 0.3) is 0 Å². The van der Waals surface area contributed by atoms with Crippen molar-refractivity contribution in [2.24, 2.45) is 11.7 Å². The highest BCUT2D eigenvalue weighted by Crippen LogP contribution is 2.23. The van der Waals surface area contributed by atoms with Crippen molar-refractivity contribution in [3.8, 4) is 0 Å². The van der Waals surface area contributed by atoms with Crippen molar-refractivity contribution in [3.05, 3.63) is 17.0 Å². The summed E-state index contributed by atoms with van der Waals surface area (Å²) in [7, 11) is 0. The second-order valence-electron chi connectivity index (χ2n) is 6.20. The van der Waals surface area contributed by atoms with Gasteiger partial charge >= 0.3 is 0 Å². The van der Waals surface area contributed by atoms with Gasteiger partial charge in [0.05, 0.1) is 12.2 Å². The van der Waals surface area contributed by atoms with Crippen LogP contribution in [0.5, 0.6) is 0 Å². The summed E-state index contributed by atoms with van der Waals surface area (Å²) in [6.45, 7) is 7.47. The topological polar surface area (TPSA) is 101 Å². The van der Waals surface area contributed by atoms with Gasteiger partial charge in [0.2, 0.25) is 5.91 Å². The molecule has 7 nitrogen and oxygen atoms in total. The van der Waals surface area contributed by atoms with Crippen LogP contribution in [-0.4, -0.2) is 47.5 Å². The molecule has 1 aliphatic heterocycles. The summed E-state index contributed by atoms with van der Waals surface area (Å²) in [5.41, 5.74) is 6.50. The predicted molar refractivity (Wildman–Crippen MR) is 93.2 cm³/mol. The van der Waals surface area contributed by atoms with Gasteiger partial charge in [0.25, 0.3) is 5.91 Å². The molecule has 136 valence electrons. The summed E-state index contributed by atoms with van der Waals surface area (Å²) in [6, 6.07) is 0.0146. The number of nitrogens with two attached hydrogens (primary N) is 1. The van der Waals surface area contributed by atoms with E-state index in [1.54, 1.807) is 6.92 Å². The number of nitrogens with one attached hydrogen (secondary N) is 1. The minimum atomic E-state index is -0.338. The number of carbonyl (C=O) groups excluding carboxylic acids is 2. The molecule has 1 aromatic heterocycles. The third-order valence-electron chi connectivity index (χ3n) is 4.37. The van der Waals surface area contributed by atoms with E-state index in [0.717, 1.165) is 19.4 Å². The number of aryl methyl sites for hydroxylation is 2. The van der Waals surface area contributed by atoms with E-state index < -0.39 is 0 Å². The number of rotatable bonds is 7. The average Bonchev–Trinajstić information content (AvgIpc) is 3.02. The largest absolute Gasteiger partial charge is 0.369 e. The zero-order chi connectivity index (χ0) is 17.0. The molecule has 2 rings (SSSR count). The Kier molecular flexibility index (Phi) is 7.69. The molecule has 1 aliphatic rings. The van der Waals surface area contributed by atoms with Gasteiger partial charge in [0.1, 0.15) is 11.3 Å². The van der Waals surface area contributed by atoms with Crippen LogP contribution in [0.3, 0.4) is 0 Å². The van der Waals surface area contributed by atoms with Crippen molar-refractivity contribution >= 4 is 24.2 Å². The quantitative estimate of drug-likeness (QED) is 0.764. The maximum Gasteiger partial charge on any atom is 0.257 e. The standard InChI is InChI=1S/C16H26N4O3.ClH/c1-4-6-11-7-20(9-14(17)21)8-13(11)18-16(22)15-10(3)23-19-12(15)5-2;/h11,13H,4-9H2,1-3H3,(H2,17,21)(H,18,22);1H/t11-,13-;/m0./s1. The third kappa shape index (κ3) is 4.70. The first kappa shape index (κ1) is 20.4. The van der Waals surface area contributed by atoms with Crippen LogP contribution < -0.4 is 11.1 Å². The summed E-state index contributed by atoms with van der Waals surface area (Å²) >= 11 is 0. The molecule has 0 unspecified atom stereocenters. The maximum absolute atomic E-state index is 12.6. The maximum atomic E-state index is 12.6. The molecule has 24 heavy (non-hydrogen) atoms. The minimum Gasteiger partial charge on any atom is -0.369 e. The lowest BCUT2D eigenvalue weighted by Gasteiger charge is -2.19. The molecule has 2 heterocycles. The number of primary amides is 1. The van der Waals surface area contributed by atoms with Gasteiger partial charge in [-0.2, -0.15) is 0 Å². The van der Waals surface area contributed by atoms with Crippen molar-refractivity contribution in [2.75, 3.05) is 19.6 Å². The van der Waals surface area contributed by atoms with Gasteiger partial charge in [-0.05, 0) is 25.7 Å². The molecule has 1 saturated heterocycles. The lowest BCUT2D eigenvalue weighted by atomic mass is 9.98. The van der Waals surface area contributed by atoms with E-state index in [1.807, 2.05) is 11.8 Å². The predicted octanol–water partition coefficient (Wildman–Crippen LogP) is 1.28. The summed E-state index contributed by atoms with van der Waals surface area (Å²) in [5, 5.41) is 7.03. The zero-order valence-corrected chi connectivity index (χ0v) is 15.3. The molecule has 0 spiro atoms. The number of likely N-dealkylation sites (tertiary alicyclic amines) is 1. The van der Waals surface area contributed by atoms with Gasteiger partial charge < -0.3 is 15.6 Å². The fourth-order valence-electron chi connectivity index (χ4n) is 3.33. The van der Waals surface area contributed by atoms with E-state index in [0.29, 0.717) is 35.9 Å². The Morgan fingerprint density at radius 1 is 1.38 bits per heavy atom. The summed E-state index contributed by atoms with van der Waals surface area (Å²) in [6.07, 6.45) is 2.69. The molecule has 2 amide bonds. The molecule has 0 radical (unpaired) electrons. The van der Waals surface area contributed by atoms with Gasteiger partial charge in [-0.1, -0.05) is 25.4 Å². The van der Waals surface area contributed by atoms with Gasteiger partial charge in [-0.15, -0.1) is 12.4 Å². The fraction of sp³-hybridized carbons (Fsp3) is 0.688. The zero-order valence-electron chi connectivity index (χ0n) is 14.5. The molecular formula is C16H27ClN4O3. The van der Waals surface area contributed by atoms with Crippen LogP contribution in [0.2, 0.25) is 0 Å². The smallest absolute Gasteiger partial charge is 0.257 e. The lowest BCUT2D eigenvalue weighted by molar-refractivity contribution is -0.118. The van der Waals surface area contributed by atoms with Gasteiger partial charge in [-0.3, -0.25) is 14.5 Å². The number of aromatic nitrogens is 1. The van der Waals surface area contributed by atoms with E-state index in [1.165, 1.54) is 0 Å². The van der Waals surface area contributed by atoms with E-state index in [4.69, 9.17) is 10.3 Å². The SMILES string of the molecule is CCC[C@H]1CN(CC(N)=O)C[C@@H]1NC(=O)c1c(CC)noc1C.Cl. The summed E-state index contributed by atoms with van der Waals surface area (Å²) in [5.74, 6) is 0.384. The third-order valence-corrected chi connectivity index (χ3v) is 4.37. The molecular weight excluding hydrogens is 332 g/mol. The molecule has 0 saturated carbocycles.